The van der Waals surface area contributed by atoms with Crippen LogP contribution in [0, 0.1) is 5.92 Å². The van der Waals surface area contributed by atoms with E-state index in [1.54, 1.807) is 66.7 Å². The standard InChI is InChI=1S/C29H31N3O5/c1-19(7-3-6-10-27(35)32-26-9-5-4-8-25(26)30)28(22-13-17-24(34)18-14-22)37-29(36)31-23-15-11-21(12-16-23)20(2)33/h4-6,8-19,28,34H,3,7,30H2,1-2H3,(H,31,36)(H,32,35)/b10-6+/t19-,28-/m0/s1. The van der Waals surface area contributed by atoms with Gasteiger partial charge in [0, 0.05) is 11.3 Å². The second-order valence-electron chi connectivity index (χ2n) is 8.71. The summed E-state index contributed by atoms with van der Waals surface area (Å²) in [5.41, 5.74) is 8.66. The fraction of sp³-hybridized carbons (Fsp3) is 0.207. The van der Waals surface area contributed by atoms with Crippen LogP contribution in [-0.2, 0) is 9.53 Å². The van der Waals surface area contributed by atoms with Crippen molar-refractivity contribution >= 4 is 34.8 Å². The number of phenols is 1. The number of nitrogens with one attached hydrogen (secondary N) is 2. The lowest BCUT2D eigenvalue weighted by Crippen LogP contribution is -2.22. The number of para-hydroxylation sites is 2. The van der Waals surface area contributed by atoms with Gasteiger partial charge in [-0.25, -0.2) is 4.79 Å². The normalized spacial score (nSPS) is 12.5. The molecule has 2 atom stereocenters. The predicted molar refractivity (Wildman–Crippen MR) is 144 cm³/mol. The minimum atomic E-state index is -0.643. The summed E-state index contributed by atoms with van der Waals surface area (Å²) in [7, 11) is 0. The molecule has 3 aromatic rings. The molecule has 0 aliphatic carbocycles. The Morgan fingerprint density at radius 2 is 1.65 bits per heavy atom. The van der Waals surface area contributed by atoms with Gasteiger partial charge in [0.1, 0.15) is 11.9 Å². The van der Waals surface area contributed by atoms with Gasteiger partial charge in [0.05, 0.1) is 11.4 Å². The van der Waals surface area contributed by atoms with Crippen molar-refractivity contribution in [1.29, 1.82) is 0 Å². The lowest BCUT2D eigenvalue weighted by Gasteiger charge is -2.24. The summed E-state index contributed by atoms with van der Waals surface area (Å²) in [6, 6.07) is 20.0. The van der Waals surface area contributed by atoms with Gasteiger partial charge in [0.15, 0.2) is 5.78 Å². The number of ketones is 1. The number of carbonyl (C=O) groups excluding carboxylic acids is 3. The van der Waals surface area contributed by atoms with Crippen LogP contribution in [0.1, 0.15) is 48.7 Å². The molecule has 0 aliphatic rings. The van der Waals surface area contributed by atoms with Gasteiger partial charge < -0.3 is 20.9 Å². The average Bonchev–Trinajstić information content (AvgIpc) is 2.87. The van der Waals surface area contributed by atoms with Gasteiger partial charge in [-0.05, 0) is 85.9 Å². The maximum absolute atomic E-state index is 12.7. The SMILES string of the molecule is CC(=O)c1ccc(NC(=O)O[C@H](c2ccc(O)cc2)[C@@H](C)CC/C=C/C(=O)Nc2ccccc2N)cc1. The highest BCUT2D eigenvalue weighted by Crippen LogP contribution is 2.31. The van der Waals surface area contributed by atoms with Gasteiger partial charge >= 0.3 is 6.09 Å². The van der Waals surface area contributed by atoms with E-state index in [0.29, 0.717) is 35.5 Å². The molecule has 0 aromatic heterocycles. The third kappa shape index (κ3) is 8.24. The molecule has 0 radical (unpaired) electrons. The fourth-order valence-corrected chi connectivity index (χ4v) is 3.71. The molecule has 0 aliphatic heterocycles. The number of rotatable bonds is 10. The second-order valence-corrected chi connectivity index (χ2v) is 8.71. The predicted octanol–water partition coefficient (Wildman–Crippen LogP) is 6.08. The number of ether oxygens (including phenoxy) is 1. The molecule has 0 saturated carbocycles. The number of nitrogen functional groups attached to an aromatic ring is 1. The van der Waals surface area contributed by atoms with E-state index in [4.69, 9.17) is 10.5 Å². The molecular weight excluding hydrogens is 470 g/mol. The Kier molecular flexibility index (Phi) is 9.43. The number of Topliss-reactive ketones (excluding diaryl/α,β-unsaturated/α-hetero) is 1. The third-order valence-electron chi connectivity index (χ3n) is 5.79. The number of hydrogen-bond donors (Lipinski definition) is 4. The summed E-state index contributed by atoms with van der Waals surface area (Å²) in [6.45, 7) is 3.42. The molecule has 8 heteroatoms. The maximum atomic E-state index is 12.7. The Morgan fingerprint density at radius 1 is 0.973 bits per heavy atom. The summed E-state index contributed by atoms with van der Waals surface area (Å²) in [5, 5.41) is 15.1. The van der Waals surface area contributed by atoms with Crippen molar-refractivity contribution in [3.63, 3.8) is 0 Å². The smallest absolute Gasteiger partial charge is 0.412 e. The fourth-order valence-electron chi connectivity index (χ4n) is 3.71. The Balaban J connectivity index is 1.61. The Hall–Kier alpha value is -4.59. The van der Waals surface area contributed by atoms with E-state index in [-0.39, 0.29) is 23.4 Å². The largest absolute Gasteiger partial charge is 0.508 e. The molecule has 3 aromatic carbocycles. The monoisotopic (exact) mass is 501 g/mol. The molecule has 5 N–H and O–H groups in total. The van der Waals surface area contributed by atoms with E-state index in [1.807, 2.05) is 6.92 Å². The van der Waals surface area contributed by atoms with Crippen molar-refractivity contribution in [2.75, 3.05) is 16.4 Å². The molecule has 0 heterocycles. The first-order valence-corrected chi connectivity index (χ1v) is 11.9. The highest BCUT2D eigenvalue weighted by molar-refractivity contribution is 6.01. The van der Waals surface area contributed by atoms with Gasteiger partial charge in [-0.2, -0.15) is 0 Å². The van der Waals surface area contributed by atoms with Crippen LogP contribution in [0.5, 0.6) is 5.75 Å². The van der Waals surface area contributed by atoms with Crippen molar-refractivity contribution in [2.24, 2.45) is 5.92 Å². The highest BCUT2D eigenvalue weighted by Gasteiger charge is 2.23. The van der Waals surface area contributed by atoms with Crippen LogP contribution in [0.2, 0.25) is 0 Å². The third-order valence-corrected chi connectivity index (χ3v) is 5.79. The van der Waals surface area contributed by atoms with Crippen LogP contribution in [0.15, 0.2) is 84.9 Å². The van der Waals surface area contributed by atoms with E-state index >= 15 is 0 Å². The Bertz CT molecular complexity index is 1250. The summed E-state index contributed by atoms with van der Waals surface area (Å²) >= 11 is 0. The van der Waals surface area contributed by atoms with Crippen LogP contribution in [0.3, 0.4) is 0 Å². The number of anilines is 3. The molecule has 0 bridgehead atoms. The van der Waals surface area contributed by atoms with Crippen molar-refractivity contribution in [2.45, 2.75) is 32.8 Å². The zero-order valence-corrected chi connectivity index (χ0v) is 20.8. The summed E-state index contributed by atoms with van der Waals surface area (Å²) in [5.74, 6) is -0.343. The molecule has 192 valence electrons. The maximum Gasteiger partial charge on any atom is 0.412 e. The van der Waals surface area contributed by atoms with Gasteiger partial charge in [0.2, 0.25) is 5.91 Å². The first kappa shape index (κ1) is 27.0. The number of phenolic OH excluding ortho intramolecular Hbond substituents is 1. The molecule has 0 fully saturated rings. The number of benzene rings is 3. The zero-order valence-electron chi connectivity index (χ0n) is 20.8. The minimum Gasteiger partial charge on any atom is -0.508 e. The number of allylic oxidation sites excluding steroid dienone is 1. The van der Waals surface area contributed by atoms with E-state index in [9.17, 15) is 19.5 Å². The molecule has 8 nitrogen and oxygen atoms in total. The quantitative estimate of drug-likeness (QED) is 0.151. The lowest BCUT2D eigenvalue weighted by molar-refractivity contribution is -0.111. The van der Waals surface area contributed by atoms with Gasteiger partial charge in [-0.3, -0.25) is 14.9 Å². The van der Waals surface area contributed by atoms with E-state index in [1.165, 1.54) is 25.1 Å². The van der Waals surface area contributed by atoms with E-state index in [0.717, 1.165) is 5.56 Å². The molecule has 0 spiro atoms. The Morgan fingerprint density at radius 3 is 2.30 bits per heavy atom. The van der Waals surface area contributed by atoms with E-state index in [2.05, 4.69) is 10.6 Å². The summed E-state index contributed by atoms with van der Waals surface area (Å²) < 4.78 is 5.77. The van der Waals surface area contributed by atoms with E-state index < -0.39 is 12.2 Å². The zero-order chi connectivity index (χ0) is 26.8. The molecule has 37 heavy (non-hydrogen) atoms. The molecule has 2 amide bonds. The van der Waals surface area contributed by atoms with Crippen LogP contribution in [0.4, 0.5) is 21.9 Å². The first-order chi connectivity index (χ1) is 17.7. The molecule has 0 unspecified atom stereocenters. The van der Waals surface area contributed by atoms with Crippen LogP contribution in [-0.4, -0.2) is 22.9 Å². The van der Waals surface area contributed by atoms with Gasteiger partial charge in [-0.15, -0.1) is 0 Å². The first-order valence-electron chi connectivity index (χ1n) is 11.9. The number of amides is 2. The van der Waals surface area contributed by atoms with Crippen molar-refractivity contribution in [3.05, 3.63) is 96.1 Å². The topological polar surface area (TPSA) is 131 Å². The summed E-state index contributed by atoms with van der Waals surface area (Å²) in [4.78, 5) is 36.3. The van der Waals surface area contributed by atoms with Crippen molar-refractivity contribution < 1.29 is 24.2 Å². The molecule has 3 rings (SSSR count). The average molecular weight is 502 g/mol. The minimum absolute atomic E-state index is 0.0638. The second kappa shape index (κ2) is 12.9. The van der Waals surface area contributed by atoms with Gasteiger partial charge in [-0.1, -0.05) is 37.3 Å². The lowest BCUT2D eigenvalue weighted by atomic mass is 9.93. The van der Waals surface area contributed by atoms with Crippen molar-refractivity contribution in [3.8, 4) is 5.75 Å². The van der Waals surface area contributed by atoms with Crippen LogP contribution >= 0.6 is 0 Å². The molecular formula is C29H31N3O5. The number of carbonyl (C=O) groups is 3. The van der Waals surface area contributed by atoms with Gasteiger partial charge in [0.25, 0.3) is 0 Å². The number of aromatic hydroxyl groups is 1. The molecule has 0 saturated heterocycles. The van der Waals surface area contributed by atoms with Crippen LogP contribution < -0.4 is 16.4 Å². The number of hydrogen-bond acceptors (Lipinski definition) is 6. The Labute approximate surface area is 216 Å². The number of nitrogens with two attached hydrogens (primary N) is 1. The van der Waals surface area contributed by atoms with Crippen LogP contribution in [0.25, 0.3) is 0 Å². The highest BCUT2D eigenvalue weighted by atomic mass is 16.6. The summed E-state index contributed by atoms with van der Waals surface area (Å²) in [6.07, 6.45) is 3.18. The van der Waals surface area contributed by atoms with Crippen molar-refractivity contribution in [1.82, 2.24) is 0 Å².